The van der Waals surface area contributed by atoms with Crippen LogP contribution in [0, 0.1) is 5.41 Å². The van der Waals surface area contributed by atoms with E-state index in [-0.39, 0.29) is 17.4 Å². The van der Waals surface area contributed by atoms with Crippen LogP contribution in [-0.2, 0) is 17.6 Å². The molecule has 0 saturated heterocycles. The fourth-order valence-corrected chi connectivity index (χ4v) is 2.52. The van der Waals surface area contributed by atoms with E-state index in [0.29, 0.717) is 0 Å². The Bertz CT molecular complexity index is 471. The van der Waals surface area contributed by atoms with Crippen LogP contribution in [0.25, 0.3) is 0 Å². The van der Waals surface area contributed by atoms with E-state index in [0.717, 1.165) is 0 Å². The molecular weight excluding hydrogens is 234 g/mol. The lowest BCUT2D eigenvalue weighted by Crippen LogP contribution is -2.36. The first-order valence-electron chi connectivity index (χ1n) is 7.30. The Labute approximate surface area is 116 Å². The Morgan fingerprint density at radius 3 is 2.42 bits per heavy atom. The molecule has 0 heterocycles. The first-order valence-corrected chi connectivity index (χ1v) is 7.30. The Morgan fingerprint density at radius 2 is 1.79 bits per heavy atom. The Balaban J connectivity index is 2.11. The van der Waals surface area contributed by atoms with Crippen LogP contribution in [0.5, 0.6) is 0 Å². The molecule has 0 saturated carbocycles. The molecule has 0 fully saturated rings. The quantitative estimate of drug-likeness (QED) is 0.860. The number of hydrogen-bond donors (Lipinski definition) is 1. The molecule has 1 atom stereocenters. The maximum atomic E-state index is 12.0. The second-order valence-corrected chi connectivity index (χ2v) is 6.68. The predicted molar refractivity (Wildman–Crippen MR) is 79.1 cm³/mol. The maximum Gasteiger partial charge on any atom is 0.225 e. The van der Waals surface area contributed by atoms with Crippen molar-refractivity contribution >= 4 is 5.91 Å². The highest BCUT2D eigenvalue weighted by Gasteiger charge is 2.23. The van der Waals surface area contributed by atoms with Gasteiger partial charge in [0, 0.05) is 5.41 Å². The minimum Gasteiger partial charge on any atom is -0.349 e. The summed E-state index contributed by atoms with van der Waals surface area (Å²) in [6, 6.07) is 6.77. The molecular formula is C17H25NO. The smallest absolute Gasteiger partial charge is 0.225 e. The van der Waals surface area contributed by atoms with Crippen LogP contribution in [0.4, 0.5) is 0 Å². The number of amides is 1. The van der Waals surface area contributed by atoms with Crippen LogP contribution < -0.4 is 5.32 Å². The number of hydrogen-bond acceptors (Lipinski definition) is 1. The lowest BCUT2D eigenvalue weighted by molar-refractivity contribution is -0.129. The zero-order valence-corrected chi connectivity index (χ0v) is 12.5. The Kier molecular flexibility index (Phi) is 3.98. The van der Waals surface area contributed by atoms with Crippen LogP contribution in [-0.4, -0.2) is 5.91 Å². The third-order valence-electron chi connectivity index (χ3n) is 3.90. The van der Waals surface area contributed by atoms with Crippen LogP contribution >= 0.6 is 0 Å². The van der Waals surface area contributed by atoms with Crippen molar-refractivity contribution in [3.05, 3.63) is 34.9 Å². The highest BCUT2D eigenvalue weighted by atomic mass is 16.2. The Morgan fingerprint density at radius 1 is 1.16 bits per heavy atom. The lowest BCUT2D eigenvalue weighted by Gasteiger charge is -2.23. The van der Waals surface area contributed by atoms with Crippen molar-refractivity contribution in [2.75, 3.05) is 0 Å². The fourth-order valence-electron chi connectivity index (χ4n) is 2.52. The number of benzene rings is 1. The average Bonchev–Trinajstić information content (AvgIpc) is 2.37. The van der Waals surface area contributed by atoms with E-state index < -0.39 is 0 Å². The summed E-state index contributed by atoms with van der Waals surface area (Å²) in [4.78, 5) is 12.0. The second kappa shape index (κ2) is 5.36. The number of fused-ring (bicyclic) bond motifs is 1. The molecule has 19 heavy (non-hydrogen) atoms. The molecule has 1 amide bonds. The van der Waals surface area contributed by atoms with Gasteiger partial charge in [-0.25, -0.2) is 0 Å². The molecule has 0 aliphatic heterocycles. The normalized spacial score (nSPS) is 16.6. The van der Waals surface area contributed by atoms with Gasteiger partial charge in [-0.3, -0.25) is 4.79 Å². The monoisotopic (exact) mass is 259 g/mol. The van der Waals surface area contributed by atoms with Gasteiger partial charge in [0.05, 0.1) is 6.04 Å². The summed E-state index contributed by atoms with van der Waals surface area (Å²) in [7, 11) is 0. The van der Waals surface area contributed by atoms with E-state index >= 15 is 0 Å². The molecule has 2 nitrogen and oxygen atoms in total. The van der Waals surface area contributed by atoms with Crippen molar-refractivity contribution in [3.8, 4) is 0 Å². The topological polar surface area (TPSA) is 29.1 Å². The second-order valence-electron chi connectivity index (χ2n) is 6.68. The van der Waals surface area contributed by atoms with Crippen LogP contribution in [0.2, 0.25) is 0 Å². The van der Waals surface area contributed by atoms with Gasteiger partial charge < -0.3 is 5.32 Å². The van der Waals surface area contributed by atoms with Gasteiger partial charge in [0.1, 0.15) is 0 Å². The highest BCUT2D eigenvalue weighted by molar-refractivity contribution is 5.81. The van der Waals surface area contributed by atoms with Gasteiger partial charge in [-0.05, 0) is 49.3 Å². The van der Waals surface area contributed by atoms with Gasteiger partial charge in [0.2, 0.25) is 5.91 Å². The predicted octanol–water partition coefficient (Wildman–Crippen LogP) is 3.79. The standard InChI is InChI=1S/C17H25NO/c1-12(18-16(19)17(2,3)4)14-10-9-13-7-5-6-8-15(13)11-14/h9-12H,5-8H2,1-4H3,(H,18,19)/t12-/m0/s1. The molecule has 2 heteroatoms. The third kappa shape index (κ3) is 3.37. The van der Waals surface area contributed by atoms with Gasteiger partial charge in [0.25, 0.3) is 0 Å². The molecule has 0 aromatic heterocycles. The first-order chi connectivity index (χ1) is 8.88. The van der Waals surface area contributed by atoms with Gasteiger partial charge in [-0.2, -0.15) is 0 Å². The fraction of sp³-hybridized carbons (Fsp3) is 0.588. The summed E-state index contributed by atoms with van der Waals surface area (Å²) >= 11 is 0. The zero-order chi connectivity index (χ0) is 14.0. The van der Waals surface area contributed by atoms with Crippen molar-refractivity contribution < 1.29 is 4.79 Å². The maximum absolute atomic E-state index is 12.0. The summed E-state index contributed by atoms with van der Waals surface area (Å²) in [5, 5.41) is 3.10. The molecule has 0 bridgehead atoms. The number of rotatable bonds is 2. The molecule has 1 aromatic rings. The number of aryl methyl sites for hydroxylation is 2. The van der Waals surface area contributed by atoms with Crippen LogP contribution in [0.3, 0.4) is 0 Å². The largest absolute Gasteiger partial charge is 0.349 e. The van der Waals surface area contributed by atoms with Crippen molar-refractivity contribution in [1.82, 2.24) is 5.32 Å². The minimum absolute atomic E-state index is 0.0824. The van der Waals surface area contributed by atoms with E-state index in [1.54, 1.807) is 0 Å². The Hall–Kier alpha value is -1.31. The van der Waals surface area contributed by atoms with Crippen LogP contribution in [0.15, 0.2) is 18.2 Å². The molecule has 1 aliphatic carbocycles. The number of carbonyl (C=O) groups is 1. The lowest BCUT2D eigenvalue weighted by atomic mass is 9.89. The van der Waals surface area contributed by atoms with Crippen molar-refractivity contribution in [1.29, 1.82) is 0 Å². The minimum atomic E-state index is -0.331. The van der Waals surface area contributed by atoms with Gasteiger partial charge >= 0.3 is 0 Å². The number of nitrogens with one attached hydrogen (secondary N) is 1. The molecule has 2 rings (SSSR count). The van der Waals surface area contributed by atoms with Crippen molar-refractivity contribution in [3.63, 3.8) is 0 Å². The van der Waals surface area contributed by atoms with Crippen molar-refractivity contribution in [2.24, 2.45) is 5.41 Å². The summed E-state index contributed by atoms with van der Waals surface area (Å²) < 4.78 is 0. The molecule has 104 valence electrons. The average molecular weight is 259 g/mol. The van der Waals surface area contributed by atoms with Gasteiger partial charge in [-0.1, -0.05) is 39.0 Å². The summed E-state index contributed by atoms with van der Waals surface area (Å²) in [5.41, 5.74) is 3.85. The third-order valence-corrected chi connectivity index (χ3v) is 3.90. The van der Waals surface area contributed by atoms with E-state index in [1.807, 2.05) is 20.8 Å². The zero-order valence-electron chi connectivity index (χ0n) is 12.5. The van der Waals surface area contributed by atoms with E-state index in [2.05, 4.69) is 30.4 Å². The molecule has 1 N–H and O–H groups in total. The van der Waals surface area contributed by atoms with Crippen LogP contribution in [0.1, 0.15) is 63.3 Å². The number of carbonyl (C=O) groups excluding carboxylic acids is 1. The molecule has 1 aromatic carbocycles. The van der Waals surface area contributed by atoms with Crippen molar-refractivity contribution in [2.45, 2.75) is 59.4 Å². The molecule has 0 radical (unpaired) electrons. The SMILES string of the molecule is C[C@H](NC(=O)C(C)(C)C)c1ccc2c(c1)CCCC2. The summed E-state index contributed by atoms with van der Waals surface area (Å²) in [5.74, 6) is 0.109. The van der Waals surface area contributed by atoms with Gasteiger partial charge in [-0.15, -0.1) is 0 Å². The molecule has 1 aliphatic rings. The highest BCUT2D eigenvalue weighted by Crippen LogP contribution is 2.25. The van der Waals surface area contributed by atoms with E-state index in [9.17, 15) is 4.79 Å². The van der Waals surface area contributed by atoms with E-state index in [1.165, 1.54) is 42.4 Å². The summed E-state index contributed by atoms with van der Waals surface area (Å²) in [6.45, 7) is 7.90. The summed E-state index contributed by atoms with van der Waals surface area (Å²) in [6.07, 6.45) is 4.99. The van der Waals surface area contributed by atoms with E-state index in [4.69, 9.17) is 0 Å². The molecule has 0 unspecified atom stereocenters. The van der Waals surface area contributed by atoms with Gasteiger partial charge in [0.15, 0.2) is 0 Å². The molecule has 0 spiro atoms. The first kappa shape index (κ1) is 14.1.